The molecule has 76 valence electrons. The van der Waals surface area contributed by atoms with Gasteiger partial charge in [-0.3, -0.25) is 0 Å². The highest BCUT2D eigenvalue weighted by molar-refractivity contribution is 5.05. The first kappa shape index (κ1) is 10.5. The Morgan fingerprint density at radius 1 is 1.64 bits per heavy atom. The van der Waals surface area contributed by atoms with Crippen LogP contribution in [0, 0.1) is 11.3 Å². The Balaban J connectivity index is 2.22. The van der Waals surface area contributed by atoms with Gasteiger partial charge < -0.3 is 4.74 Å². The highest BCUT2D eigenvalue weighted by Crippen LogP contribution is 1.93. The van der Waals surface area contributed by atoms with E-state index < -0.39 is 13.0 Å². The van der Waals surface area contributed by atoms with Crippen LogP contribution in [-0.2, 0) is 11.3 Å². The van der Waals surface area contributed by atoms with Crippen molar-refractivity contribution in [1.82, 2.24) is 14.8 Å². The van der Waals surface area contributed by atoms with Crippen molar-refractivity contribution in [3.05, 3.63) is 12.2 Å². The van der Waals surface area contributed by atoms with Gasteiger partial charge in [-0.2, -0.15) is 5.26 Å². The Kier molecular flexibility index (Phi) is 3.94. The molecule has 0 saturated heterocycles. The van der Waals surface area contributed by atoms with Crippen molar-refractivity contribution < 1.29 is 13.5 Å². The molecule has 1 aromatic rings. The standard InChI is InChI=1S/C7H8F2N4O/c8-6(9)4-14-2-1-13-5-11-7(3-10)12-13/h5-6H,1-2,4H2. The molecule has 5 nitrogen and oxygen atoms in total. The summed E-state index contributed by atoms with van der Waals surface area (Å²) in [5.41, 5.74) is 0. The number of nitrogens with zero attached hydrogens (tertiary/aromatic N) is 4. The lowest BCUT2D eigenvalue weighted by atomic mass is 10.7. The Hall–Kier alpha value is -1.55. The smallest absolute Gasteiger partial charge is 0.261 e. The first-order valence-electron chi connectivity index (χ1n) is 3.88. The highest BCUT2D eigenvalue weighted by atomic mass is 19.3. The molecule has 0 N–H and O–H groups in total. The molecular weight excluding hydrogens is 194 g/mol. The molecule has 0 unspecified atom stereocenters. The second-order valence-electron chi connectivity index (χ2n) is 2.41. The molecule has 0 aromatic carbocycles. The fourth-order valence-corrected chi connectivity index (χ4v) is 0.784. The van der Waals surface area contributed by atoms with Crippen molar-refractivity contribution in [2.24, 2.45) is 0 Å². The van der Waals surface area contributed by atoms with E-state index in [1.807, 2.05) is 0 Å². The topological polar surface area (TPSA) is 63.7 Å². The quantitative estimate of drug-likeness (QED) is 0.649. The molecule has 0 spiro atoms. The Morgan fingerprint density at radius 2 is 2.43 bits per heavy atom. The summed E-state index contributed by atoms with van der Waals surface area (Å²) in [6, 6.07) is 1.75. The Bertz CT molecular complexity index is 320. The maximum absolute atomic E-state index is 11.6. The molecule has 0 amide bonds. The largest absolute Gasteiger partial charge is 0.374 e. The zero-order chi connectivity index (χ0) is 10.4. The van der Waals surface area contributed by atoms with Crippen LogP contribution in [-0.4, -0.2) is 34.4 Å². The first-order chi connectivity index (χ1) is 6.72. The van der Waals surface area contributed by atoms with Crippen LogP contribution in [0.2, 0.25) is 0 Å². The van der Waals surface area contributed by atoms with Gasteiger partial charge >= 0.3 is 0 Å². The van der Waals surface area contributed by atoms with Crippen molar-refractivity contribution in [2.45, 2.75) is 13.0 Å². The van der Waals surface area contributed by atoms with Crippen LogP contribution < -0.4 is 0 Å². The molecule has 0 radical (unpaired) electrons. The van der Waals surface area contributed by atoms with Gasteiger partial charge in [0.05, 0.1) is 13.2 Å². The van der Waals surface area contributed by atoms with Crippen molar-refractivity contribution in [2.75, 3.05) is 13.2 Å². The molecule has 14 heavy (non-hydrogen) atoms. The second kappa shape index (κ2) is 5.24. The minimum absolute atomic E-state index is 0.0545. The Morgan fingerprint density at radius 3 is 3.00 bits per heavy atom. The average Bonchev–Trinajstić information content (AvgIpc) is 2.60. The predicted octanol–water partition coefficient (Wildman–Crippen LogP) is 0.431. The van der Waals surface area contributed by atoms with E-state index in [-0.39, 0.29) is 12.4 Å². The van der Waals surface area contributed by atoms with Crippen molar-refractivity contribution in [1.29, 1.82) is 5.26 Å². The lowest BCUT2D eigenvalue weighted by molar-refractivity contribution is 0.0139. The summed E-state index contributed by atoms with van der Waals surface area (Å²) in [6.07, 6.45) is -1.11. The van der Waals surface area contributed by atoms with Gasteiger partial charge in [-0.1, -0.05) is 0 Å². The first-order valence-corrected chi connectivity index (χ1v) is 3.88. The zero-order valence-corrected chi connectivity index (χ0v) is 7.23. The number of ether oxygens (including phenoxy) is 1. The Labute approximate surface area is 78.9 Å². The monoisotopic (exact) mass is 202 g/mol. The number of rotatable bonds is 5. The highest BCUT2D eigenvalue weighted by Gasteiger charge is 2.02. The van der Waals surface area contributed by atoms with E-state index in [9.17, 15) is 8.78 Å². The second-order valence-corrected chi connectivity index (χ2v) is 2.41. The fraction of sp³-hybridized carbons (Fsp3) is 0.571. The summed E-state index contributed by atoms with van der Waals surface area (Å²) in [7, 11) is 0. The van der Waals surface area contributed by atoms with Crippen LogP contribution in [0.1, 0.15) is 5.82 Å². The van der Waals surface area contributed by atoms with Crippen LogP contribution >= 0.6 is 0 Å². The van der Waals surface area contributed by atoms with E-state index >= 15 is 0 Å². The van der Waals surface area contributed by atoms with E-state index in [0.29, 0.717) is 6.54 Å². The number of alkyl halides is 2. The molecule has 0 fully saturated rings. The molecule has 0 aliphatic carbocycles. The number of halogens is 2. The molecule has 0 bridgehead atoms. The maximum Gasteiger partial charge on any atom is 0.261 e. The lowest BCUT2D eigenvalue weighted by Gasteiger charge is -2.02. The van der Waals surface area contributed by atoms with E-state index in [1.165, 1.54) is 11.0 Å². The number of hydrogen-bond donors (Lipinski definition) is 0. The van der Waals surface area contributed by atoms with Gasteiger partial charge in [-0.05, 0) is 0 Å². The zero-order valence-electron chi connectivity index (χ0n) is 7.23. The van der Waals surface area contributed by atoms with Gasteiger partial charge in [0, 0.05) is 0 Å². The lowest BCUT2D eigenvalue weighted by Crippen LogP contribution is -2.11. The number of aromatic nitrogens is 3. The van der Waals surface area contributed by atoms with E-state index in [2.05, 4.69) is 14.8 Å². The van der Waals surface area contributed by atoms with E-state index in [0.717, 1.165) is 0 Å². The van der Waals surface area contributed by atoms with E-state index in [4.69, 9.17) is 5.26 Å². The van der Waals surface area contributed by atoms with Crippen LogP contribution in [0.4, 0.5) is 8.78 Å². The van der Waals surface area contributed by atoms with E-state index in [1.54, 1.807) is 6.07 Å². The third-order valence-electron chi connectivity index (χ3n) is 1.35. The molecule has 1 rings (SSSR count). The molecule has 0 saturated carbocycles. The summed E-state index contributed by atoms with van der Waals surface area (Å²) >= 11 is 0. The van der Waals surface area contributed by atoms with Crippen LogP contribution in [0.15, 0.2) is 6.33 Å². The summed E-state index contributed by atoms with van der Waals surface area (Å²) in [6.45, 7) is -0.153. The summed E-state index contributed by atoms with van der Waals surface area (Å²) in [4.78, 5) is 3.64. The van der Waals surface area contributed by atoms with Gasteiger partial charge in [-0.25, -0.2) is 18.4 Å². The normalized spacial score (nSPS) is 10.4. The molecule has 0 atom stereocenters. The van der Waals surface area contributed by atoms with Gasteiger partial charge in [0.25, 0.3) is 12.2 Å². The van der Waals surface area contributed by atoms with Gasteiger partial charge in [-0.15, -0.1) is 5.10 Å². The van der Waals surface area contributed by atoms with Crippen molar-refractivity contribution in [3.63, 3.8) is 0 Å². The van der Waals surface area contributed by atoms with Crippen molar-refractivity contribution in [3.8, 4) is 6.07 Å². The molecule has 7 heteroatoms. The van der Waals surface area contributed by atoms with Crippen LogP contribution in [0.3, 0.4) is 0 Å². The summed E-state index contributed by atoms with van der Waals surface area (Å²) in [5.74, 6) is 0.0545. The minimum Gasteiger partial charge on any atom is -0.374 e. The van der Waals surface area contributed by atoms with Crippen molar-refractivity contribution >= 4 is 0 Å². The van der Waals surface area contributed by atoms with Crippen LogP contribution in [0.25, 0.3) is 0 Å². The summed E-state index contributed by atoms with van der Waals surface area (Å²) < 4.78 is 29.2. The SMILES string of the molecule is N#Cc1ncn(CCOCC(F)F)n1. The average molecular weight is 202 g/mol. The molecular formula is C7H8F2N4O. The molecule has 1 aromatic heterocycles. The predicted molar refractivity (Wildman–Crippen MR) is 41.6 cm³/mol. The van der Waals surface area contributed by atoms with Gasteiger partial charge in [0.1, 0.15) is 19.0 Å². The van der Waals surface area contributed by atoms with Crippen LogP contribution in [0.5, 0.6) is 0 Å². The third kappa shape index (κ3) is 3.45. The number of hydrogen-bond acceptors (Lipinski definition) is 4. The number of nitriles is 1. The fourth-order valence-electron chi connectivity index (χ4n) is 0.784. The molecule has 1 heterocycles. The third-order valence-corrected chi connectivity index (χ3v) is 1.35. The molecule has 0 aliphatic heterocycles. The summed E-state index contributed by atoms with van der Waals surface area (Å²) in [5, 5.41) is 12.1. The van der Waals surface area contributed by atoms with Gasteiger partial charge in [0.15, 0.2) is 0 Å². The molecule has 0 aliphatic rings. The van der Waals surface area contributed by atoms with Gasteiger partial charge in [0.2, 0.25) is 0 Å². The maximum atomic E-state index is 11.6. The minimum atomic E-state index is -2.46.